The summed E-state index contributed by atoms with van der Waals surface area (Å²) >= 11 is 0. The van der Waals surface area contributed by atoms with Crippen LogP contribution in [-0.4, -0.2) is 6.72 Å². The van der Waals surface area contributed by atoms with Crippen LogP contribution >= 0.6 is 0 Å². The van der Waals surface area contributed by atoms with Crippen LogP contribution < -0.4 is 5.73 Å². The summed E-state index contributed by atoms with van der Waals surface area (Å²) in [5.41, 5.74) is 4.82. The molecule has 0 rings (SSSR count). The smallest absolute Gasteiger partial charge is 0.0415 e. The van der Waals surface area contributed by atoms with Gasteiger partial charge in [-0.25, -0.2) is 0 Å². The lowest BCUT2D eigenvalue weighted by Gasteiger charge is -1.60. The lowest BCUT2D eigenvalue weighted by Crippen LogP contribution is -1.71. The van der Waals surface area contributed by atoms with Crippen molar-refractivity contribution in [3.63, 3.8) is 0 Å². The van der Waals surface area contributed by atoms with Crippen LogP contribution in [0.25, 0.3) is 0 Å². The van der Waals surface area contributed by atoms with E-state index in [0.29, 0.717) is 0 Å². The van der Waals surface area contributed by atoms with Gasteiger partial charge in [-0.3, -0.25) is 4.99 Å². The molecule has 0 heterocycles. The Bertz CT molecular complexity index is 46.9. The summed E-state index contributed by atoms with van der Waals surface area (Å²) in [5.74, 6) is 0. The van der Waals surface area contributed by atoms with Crippen molar-refractivity contribution in [1.29, 1.82) is 0 Å². The molecule has 0 saturated carbocycles. The Morgan fingerprint density at radius 2 is 2.40 bits per heavy atom. The van der Waals surface area contributed by atoms with Crippen molar-refractivity contribution in [3.8, 4) is 0 Å². The largest absolute Gasteiger partial charge is 0.403 e. The van der Waals surface area contributed by atoms with E-state index < -0.39 is 0 Å². The Balaban J connectivity index is 2.92. The fourth-order valence-electron chi connectivity index (χ4n) is 0.0609. The molecule has 0 aliphatic rings. The molecule has 28 valence electrons. The average molecular weight is 70.1 g/mol. The summed E-state index contributed by atoms with van der Waals surface area (Å²) in [6, 6.07) is 0. The van der Waals surface area contributed by atoms with Gasteiger partial charge in [0.2, 0.25) is 0 Å². The number of rotatable bonds is 1. The Morgan fingerprint density at radius 3 is 2.40 bits per heavy atom. The fraction of sp³-hybridized carbons (Fsp3) is 0. The number of aliphatic imine (C=N–C) groups is 1. The second-order valence-electron chi connectivity index (χ2n) is 0.524. The van der Waals surface area contributed by atoms with Gasteiger partial charge in [0, 0.05) is 12.4 Å². The number of nitrogens with zero attached hydrogens (tertiary/aromatic N) is 1. The minimum absolute atomic E-state index is 1.33. The minimum Gasteiger partial charge on any atom is -0.403 e. The van der Waals surface area contributed by atoms with Crippen LogP contribution in [0.5, 0.6) is 0 Å². The van der Waals surface area contributed by atoms with Gasteiger partial charge in [0.15, 0.2) is 0 Å². The summed E-state index contributed by atoms with van der Waals surface area (Å²) < 4.78 is 0. The molecule has 0 spiro atoms. The summed E-state index contributed by atoms with van der Waals surface area (Å²) in [4.78, 5) is 3.30. The third-order valence-corrected chi connectivity index (χ3v) is 0.191. The zero-order valence-corrected chi connectivity index (χ0v) is 2.89. The standard InChI is InChI=1S/C3H6N2/c1-5-3-2-4/h2-3H,1,4H2. The Morgan fingerprint density at radius 1 is 1.80 bits per heavy atom. The molecule has 2 heteroatoms. The molecule has 0 saturated heterocycles. The van der Waals surface area contributed by atoms with Gasteiger partial charge in [-0.05, 0) is 6.72 Å². The molecule has 0 aliphatic carbocycles. The molecule has 0 aromatic heterocycles. The zero-order valence-electron chi connectivity index (χ0n) is 2.89. The van der Waals surface area contributed by atoms with Crippen molar-refractivity contribution < 1.29 is 0 Å². The quantitative estimate of drug-likeness (QED) is 0.437. The van der Waals surface area contributed by atoms with Crippen molar-refractivity contribution >= 4 is 6.72 Å². The monoisotopic (exact) mass is 70.1 g/mol. The molecular formula is C3H6N2. The van der Waals surface area contributed by atoms with Gasteiger partial charge in [-0.1, -0.05) is 0 Å². The highest BCUT2D eigenvalue weighted by atomic mass is 14.7. The summed E-state index contributed by atoms with van der Waals surface area (Å²) in [6.07, 6.45) is 2.74. The molecule has 2 nitrogen and oxygen atoms in total. The van der Waals surface area contributed by atoms with Crippen molar-refractivity contribution in [2.45, 2.75) is 0 Å². The van der Waals surface area contributed by atoms with Gasteiger partial charge < -0.3 is 5.73 Å². The van der Waals surface area contributed by atoms with Crippen molar-refractivity contribution in [2.75, 3.05) is 0 Å². The average Bonchev–Trinajstić information content (AvgIpc) is 1.41. The third kappa shape index (κ3) is 3.21. The number of hydrogen-bond donors (Lipinski definition) is 1. The molecule has 0 unspecified atom stereocenters. The molecule has 0 bridgehead atoms. The van der Waals surface area contributed by atoms with Crippen LogP contribution in [-0.2, 0) is 0 Å². The van der Waals surface area contributed by atoms with Gasteiger partial charge in [0.25, 0.3) is 0 Å². The van der Waals surface area contributed by atoms with Crippen LogP contribution in [0.2, 0.25) is 0 Å². The second kappa shape index (κ2) is 3.21. The highest BCUT2D eigenvalue weighted by Gasteiger charge is 1.40. The predicted octanol–water partition coefficient (Wildman–Crippen LogP) is 0.117. The summed E-state index contributed by atoms with van der Waals surface area (Å²) in [7, 11) is 0. The van der Waals surface area contributed by atoms with Crippen LogP contribution in [0.3, 0.4) is 0 Å². The highest BCUT2D eigenvalue weighted by molar-refractivity contribution is 5.25. The minimum atomic E-state index is 1.33. The maximum atomic E-state index is 4.82. The van der Waals surface area contributed by atoms with E-state index in [0.717, 1.165) is 0 Å². The lowest BCUT2D eigenvalue weighted by atomic mass is 10.9. The van der Waals surface area contributed by atoms with E-state index in [1.54, 1.807) is 0 Å². The predicted molar refractivity (Wildman–Crippen MR) is 22.9 cm³/mol. The fourth-order valence-corrected chi connectivity index (χ4v) is 0.0609. The van der Waals surface area contributed by atoms with E-state index in [1.165, 1.54) is 12.4 Å². The molecule has 2 N–H and O–H groups in total. The summed E-state index contributed by atoms with van der Waals surface area (Å²) in [6.45, 7) is 3.13. The first-order valence-corrected chi connectivity index (χ1v) is 1.24. The molecule has 0 amide bonds. The maximum Gasteiger partial charge on any atom is 0.0415 e. The van der Waals surface area contributed by atoms with Crippen LogP contribution in [0.4, 0.5) is 0 Å². The van der Waals surface area contributed by atoms with Gasteiger partial charge in [-0.15, -0.1) is 0 Å². The third-order valence-electron chi connectivity index (χ3n) is 0.191. The normalized spacial score (nSPS) is 8.80. The molecule has 5 heavy (non-hydrogen) atoms. The van der Waals surface area contributed by atoms with Crippen molar-refractivity contribution in [2.24, 2.45) is 10.7 Å². The second-order valence-corrected chi connectivity index (χ2v) is 0.524. The van der Waals surface area contributed by atoms with Crippen LogP contribution in [0.15, 0.2) is 17.4 Å². The van der Waals surface area contributed by atoms with E-state index in [2.05, 4.69) is 11.7 Å². The van der Waals surface area contributed by atoms with E-state index >= 15 is 0 Å². The van der Waals surface area contributed by atoms with Crippen LogP contribution in [0.1, 0.15) is 0 Å². The molecule has 0 atom stereocenters. The number of nitrogens with two attached hydrogens (primary N) is 1. The SMILES string of the molecule is C=NC=CN. The van der Waals surface area contributed by atoms with E-state index in [-0.39, 0.29) is 0 Å². The van der Waals surface area contributed by atoms with Crippen molar-refractivity contribution in [3.05, 3.63) is 12.4 Å². The lowest BCUT2D eigenvalue weighted by molar-refractivity contribution is 1.51. The van der Waals surface area contributed by atoms with Gasteiger partial charge in [-0.2, -0.15) is 0 Å². The first kappa shape index (κ1) is 4.21. The molecule has 0 radical (unpaired) electrons. The van der Waals surface area contributed by atoms with Gasteiger partial charge in [0.1, 0.15) is 0 Å². The van der Waals surface area contributed by atoms with Crippen molar-refractivity contribution in [1.82, 2.24) is 0 Å². The van der Waals surface area contributed by atoms with Gasteiger partial charge >= 0.3 is 0 Å². The molecular weight excluding hydrogens is 64.0 g/mol. The summed E-state index contributed by atoms with van der Waals surface area (Å²) in [5, 5.41) is 0. The highest BCUT2D eigenvalue weighted by Crippen LogP contribution is 1.56. The Hall–Kier alpha value is -0.790. The zero-order chi connectivity index (χ0) is 4.12. The molecule has 0 aliphatic heterocycles. The number of hydrogen-bond acceptors (Lipinski definition) is 2. The molecule has 0 aromatic rings. The maximum absolute atomic E-state index is 4.82. The first-order chi connectivity index (χ1) is 2.41. The molecule has 0 aromatic carbocycles. The van der Waals surface area contributed by atoms with E-state index in [1.807, 2.05) is 0 Å². The van der Waals surface area contributed by atoms with Crippen LogP contribution in [0, 0.1) is 0 Å². The molecule has 0 fully saturated rings. The van der Waals surface area contributed by atoms with Gasteiger partial charge in [0.05, 0.1) is 0 Å². The van der Waals surface area contributed by atoms with E-state index in [4.69, 9.17) is 5.73 Å². The topological polar surface area (TPSA) is 38.4 Å². The Labute approximate surface area is 31.0 Å². The Kier molecular flexibility index (Phi) is 2.70. The van der Waals surface area contributed by atoms with E-state index in [9.17, 15) is 0 Å². The first-order valence-electron chi connectivity index (χ1n) is 1.24.